The van der Waals surface area contributed by atoms with E-state index in [1.165, 1.54) is 17.3 Å². The average Bonchev–Trinajstić information content (AvgIpc) is 2.52. The molecule has 0 aliphatic heterocycles. The lowest BCUT2D eigenvalue weighted by Gasteiger charge is -2.42. The Bertz CT molecular complexity index is 593. The Morgan fingerprint density at radius 3 is 1.70 bits per heavy atom. The van der Waals surface area contributed by atoms with Gasteiger partial charge in [0.15, 0.2) is 6.79 Å². The monoisotopic (exact) mass is 328 g/mol. The van der Waals surface area contributed by atoms with Gasteiger partial charge in [-0.2, -0.15) is 0 Å². The molecule has 3 nitrogen and oxygen atoms in total. The van der Waals surface area contributed by atoms with Gasteiger partial charge in [-0.1, -0.05) is 81.4 Å². The molecule has 122 valence electrons. The number of rotatable bonds is 5. The first-order valence-electron chi connectivity index (χ1n) is 7.76. The Kier molecular flexibility index (Phi) is 5.39. The zero-order chi connectivity index (χ0) is 16.9. The molecule has 0 spiro atoms. The van der Waals surface area contributed by atoms with E-state index in [4.69, 9.17) is 9.16 Å². The van der Waals surface area contributed by atoms with E-state index in [1.807, 2.05) is 36.4 Å². The fraction of sp³-hybridized carbons (Fsp3) is 0.316. The molecule has 0 bridgehead atoms. The highest BCUT2D eigenvalue weighted by Crippen LogP contribution is 2.36. The summed E-state index contributed by atoms with van der Waals surface area (Å²) in [6.45, 7) is 7.93. The predicted molar refractivity (Wildman–Crippen MR) is 95.3 cm³/mol. The maximum Gasteiger partial charge on any atom is 0.304 e. The van der Waals surface area contributed by atoms with Crippen LogP contribution >= 0.6 is 0 Å². The summed E-state index contributed by atoms with van der Waals surface area (Å²) < 4.78 is 11.5. The zero-order valence-electron chi connectivity index (χ0n) is 14.2. The van der Waals surface area contributed by atoms with Crippen LogP contribution in [0.5, 0.6) is 0 Å². The minimum atomic E-state index is -2.59. The second-order valence-corrected chi connectivity index (χ2v) is 10.9. The van der Waals surface area contributed by atoms with Crippen molar-refractivity contribution in [1.82, 2.24) is 0 Å². The lowest BCUT2D eigenvalue weighted by molar-refractivity contribution is -0.147. The smallest absolute Gasteiger partial charge is 0.304 e. The molecule has 0 aromatic heterocycles. The van der Waals surface area contributed by atoms with Gasteiger partial charge in [0.2, 0.25) is 0 Å². The molecule has 0 radical (unpaired) electrons. The SMILES string of the molecule is CC(=O)OCO[Si](c1ccccc1)(c1ccccc1)C(C)(C)C. The molecular weight excluding hydrogens is 304 g/mol. The molecule has 0 N–H and O–H groups in total. The highest BCUT2D eigenvalue weighted by Gasteiger charge is 2.50. The van der Waals surface area contributed by atoms with Crippen LogP contribution in [0.4, 0.5) is 0 Å². The highest BCUT2D eigenvalue weighted by atomic mass is 28.4. The molecule has 0 unspecified atom stereocenters. The van der Waals surface area contributed by atoms with Crippen LogP contribution < -0.4 is 10.4 Å². The maximum atomic E-state index is 11.2. The van der Waals surface area contributed by atoms with E-state index in [9.17, 15) is 4.79 Å². The van der Waals surface area contributed by atoms with E-state index < -0.39 is 8.32 Å². The third-order valence-corrected chi connectivity index (χ3v) is 8.91. The second kappa shape index (κ2) is 7.11. The summed E-state index contributed by atoms with van der Waals surface area (Å²) in [6, 6.07) is 20.6. The third kappa shape index (κ3) is 3.71. The number of esters is 1. The molecule has 2 aromatic carbocycles. The van der Waals surface area contributed by atoms with Gasteiger partial charge in [0.1, 0.15) is 0 Å². The minimum absolute atomic E-state index is 0.0252. The molecule has 0 aliphatic rings. The van der Waals surface area contributed by atoms with Gasteiger partial charge in [-0.25, -0.2) is 0 Å². The van der Waals surface area contributed by atoms with Crippen molar-refractivity contribution in [3.8, 4) is 0 Å². The van der Waals surface area contributed by atoms with E-state index in [2.05, 4.69) is 45.0 Å². The van der Waals surface area contributed by atoms with Gasteiger partial charge >= 0.3 is 5.97 Å². The quantitative estimate of drug-likeness (QED) is 0.481. The second-order valence-electron chi connectivity index (χ2n) is 6.56. The Morgan fingerprint density at radius 2 is 1.35 bits per heavy atom. The van der Waals surface area contributed by atoms with Gasteiger partial charge in [-0.15, -0.1) is 0 Å². The Morgan fingerprint density at radius 1 is 0.913 bits per heavy atom. The molecule has 0 saturated carbocycles. The van der Waals surface area contributed by atoms with Gasteiger partial charge in [0, 0.05) is 6.92 Å². The number of hydrogen-bond acceptors (Lipinski definition) is 3. The van der Waals surface area contributed by atoms with Crippen LogP contribution in [0.1, 0.15) is 27.7 Å². The molecule has 0 heterocycles. The van der Waals surface area contributed by atoms with Crippen molar-refractivity contribution in [1.29, 1.82) is 0 Å². The fourth-order valence-corrected chi connectivity index (χ4v) is 7.35. The normalized spacial score (nSPS) is 12.0. The van der Waals surface area contributed by atoms with Crippen molar-refractivity contribution < 1.29 is 14.0 Å². The lowest BCUT2D eigenvalue weighted by atomic mass is 10.2. The summed E-state index contributed by atoms with van der Waals surface area (Å²) in [5.74, 6) is -0.331. The van der Waals surface area contributed by atoms with Crippen LogP contribution in [-0.4, -0.2) is 21.1 Å². The first-order valence-corrected chi connectivity index (χ1v) is 9.67. The lowest BCUT2D eigenvalue weighted by Crippen LogP contribution is -2.66. The molecule has 0 fully saturated rings. The predicted octanol–water partition coefficient (Wildman–Crippen LogP) is 3.08. The number of benzene rings is 2. The van der Waals surface area contributed by atoms with Crippen molar-refractivity contribution in [3.63, 3.8) is 0 Å². The molecule has 0 amide bonds. The molecule has 2 aromatic rings. The number of carbonyl (C=O) groups excluding carboxylic acids is 1. The molecular formula is C19H24O3Si. The summed E-state index contributed by atoms with van der Waals surface area (Å²) in [4.78, 5) is 11.2. The van der Waals surface area contributed by atoms with E-state index >= 15 is 0 Å². The first-order chi connectivity index (χ1) is 10.9. The maximum absolute atomic E-state index is 11.2. The van der Waals surface area contributed by atoms with Gasteiger partial charge in [0.05, 0.1) is 0 Å². The summed E-state index contributed by atoms with van der Waals surface area (Å²) in [5, 5.41) is 2.23. The van der Waals surface area contributed by atoms with Crippen molar-refractivity contribution in [3.05, 3.63) is 60.7 Å². The first kappa shape index (κ1) is 17.4. The van der Waals surface area contributed by atoms with Crippen molar-refractivity contribution in [2.75, 3.05) is 6.79 Å². The van der Waals surface area contributed by atoms with E-state index in [-0.39, 0.29) is 17.8 Å². The van der Waals surface area contributed by atoms with Gasteiger partial charge in [0.25, 0.3) is 8.32 Å². The third-order valence-electron chi connectivity index (χ3n) is 3.95. The number of ether oxygens (including phenoxy) is 1. The summed E-state index contributed by atoms with van der Waals surface area (Å²) in [6.07, 6.45) is 0. The summed E-state index contributed by atoms with van der Waals surface area (Å²) in [7, 11) is -2.59. The number of hydrogen-bond donors (Lipinski definition) is 0. The molecule has 2 rings (SSSR count). The Hall–Kier alpha value is -1.91. The van der Waals surface area contributed by atoms with Crippen LogP contribution in [0.2, 0.25) is 5.04 Å². The van der Waals surface area contributed by atoms with Crippen molar-refractivity contribution >= 4 is 24.7 Å². The summed E-state index contributed by atoms with van der Waals surface area (Å²) in [5.41, 5.74) is 0. The van der Waals surface area contributed by atoms with Crippen LogP contribution in [0, 0.1) is 0 Å². The van der Waals surface area contributed by atoms with Gasteiger partial charge in [-0.3, -0.25) is 4.79 Å². The van der Waals surface area contributed by atoms with Crippen LogP contribution in [-0.2, 0) is 14.0 Å². The average molecular weight is 328 g/mol. The van der Waals surface area contributed by atoms with Crippen molar-refractivity contribution in [2.24, 2.45) is 0 Å². The molecule has 0 saturated heterocycles. The Labute approximate surface area is 139 Å². The van der Waals surface area contributed by atoms with Crippen LogP contribution in [0.15, 0.2) is 60.7 Å². The highest BCUT2D eigenvalue weighted by molar-refractivity contribution is 6.99. The van der Waals surface area contributed by atoms with Gasteiger partial charge < -0.3 is 9.16 Å². The van der Waals surface area contributed by atoms with Crippen LogP contribution in [0.3, 0.4) is 0 Å². The minimum Gasteiger partial charge on any atom is -0.440 e. The van der Waals surface area contributed by atoms with E-state index in [1.54, 1.807) is 0 Å². The summed E-state index contributed by atoms with van der Waals surface area (Å²) >= 11 is 0. The standard InChI is InChI=1S/C19H24O3Si/c1-16(20)21-15-22-23(19(2,3)4,17-11-7-5-8-12-17)18-13-9-6-10-14-18/h5-14H,15H2,1-4H3. The zero-order valence-corrected chi connectivity index (χ0v) is 15.2. The number of carbonyl (C=O) groups is 1. The van der Waals surface area contributed by atoms with Crippen LogP contribution in [0.25, 0.3) is 0 Å². The molecule has 0 aliphatic carbocycles. The van der Waals surface area contributed by atoms with Crippen molar-refractivity contribution in [2.45, 2.75) is 32.7 Å². The van der Waals surface area contributed by atoms with Gasteiger partial charge in [-0.05, 0) is 15.4 Å². The van der Waals surface area contributed by atoms with E-state index in [0.29, 0.717) is 0 Å². The molecule has 0 atom stereocenters. The largest absolute Gasteiger partial charge is 0.440 e. The molecule has 4 heteroatoms. The Balaban J connectivity index is 2.57. The molecule has 23 heavy (non-hydrogen) atoms. The fourth-order valence-electron chi connectivity index (χ4n) is 2.96. The van der Waals surface area contributed by atoms with E-state index in [0.717, 1.165) is 0 Å². The topological polar surface area (TPSA) is 35.5 Å².